The van der Waals surface area contributed by atoms with E-state index in [0.29, 0.717) is 0 Å². The summed E-state index contributed by atoms with van der Waals surface area (Å²) in [6.45, 7) is 0.744. The summed E-state index contributed by atoms with van der Waals surface area (Å²) in [4.78, 5) is 35.0. The van der Waals surface area contributed by atoms with Crippen LogP contribution in [-0.4, -0.2) is 53.5 Å². The van der Waals surface area contributed by atoms with Gasteiger partial charge in [-0.15, -0.1) is 0 Å². The van der Waals surface area contributed by atoms with Gasteiger partial charge in [-0.05, 0) is 29.2 Å². The van der Waals surface area contributed by atoms with E-state index in [1.165, 1.54) is 6.92 Å². The maximum Gasteiger partial charge on any atom is 0.407 e. The summed E-state index contributed by atoms with van der Waals surface area (Å²) in [6.07, 6.45) is -0.787. The van der Waals surface area contributed by atoms with Crippen LogP contribution in [0.1, 0.15) is 24.0 Å². The molecule has 0 spiro atoms. The standard InChI is InChI=1S/C21H22N2O6/c1-12(19(25)23-18(10-24)20(26)27)22-21(28)29-11-17-15-8-4-2-6-13(15)14-7-3-5-9-16(14)17/h2-9,12,17-18,24H,10-11H2,1H3,(H,22,28)(H,23,25)(H,26,27)/t12-,18?/m1/s1. The molecule has 8 heteroatoms. The molecule has 2 aromatic carbocycles. The highest BCUT2D eigenvalue weighted by molar-refractivity contribution is 5.89. The smallest absolute Gasteiger partial charge is 0.407 e. The van der Waals surface area contributed by atoms with Crippen molar-refractivity contribution in [3.8, 4) is 11.1 Å². The minimum absolute atomic E-state index is 0.0998. The van der Waals surface area contributed by atoms with Crippen molar-refractivity contribution in [3.63, 3.8) is 0 Å². The fourth-order valence-corrected chi connectivity index (χ4v) is 3.36. The monoisotopic (exact) mass is 398 g/mol. The molecule has 0 fully saturated rings. The number of carboxylic acid groups (broad SMARTS) is 1. The quantitative estimate of drug-likeness (QED) is 0.560. The SMILES string of the molecule is C[C@@H](NC(=O)OCC1c2ccccc2-c2ccccc21)C(=O)NC(CO)C(=O)O. The molecule has 0 radical (unpaired) electrons. The van der Waals surface area contributed by atoms with Crippen molar-refractivity contribution in [1.29, 1.82) is 0 Å². The maximum atomic E-state index is 12.1. The molecular formula is C21H22N2O6. The summed E-state index contributed by atoms with van der Waals surface area (Å²) in [5.41, 5.74) is 4.35. The lowest BCUT2D eigenvalue weighted by molar-refractivity contribution is -0.143. The van der Waals surface area contributed by atoms with Crippen molar-refractivity contribution < 1.29 is 29.3 Å². The highest BCUT2D eigenvalue weighted by atomic mass is 16.5. The molecule has 0 bridgehead atoms. The van der Waals surface area contributed by atoms with Gasteiger partial charge in [0.05, 0.1) is 6.61 Å². The second-order valence-electron chi connectivity index (χ2n) is 6.77. The number of alkyl carbamates (subject to hydrolysis) is 1. The molecule has 29 heavy (non-hydrogen) atoms. The molecule has 4 N–H and O–H groups in total. The van der Waals surface area contributed by atoms with Crippen molar-refractivity contribution in [2.75, 3.05) is 13.2 Å². The number of nitrogens with one attached hydrogen (secondary N) is 2. The Morgan fingerprint density at radius 2 is 1.55 bits per heavy atom. The summed E-state index contributed by atoms with van der Waals surface area (Å²) in [7, 11) is 0. The summed E-state index contributed by atoms with van der Waals surface area (Å²) in [5, 5.41) is 22.3. The molecular weight excluding hydrogens is 376 g/mol. The number of carbonyl (C=O) groups is 3. The third-order valence-corrected chi connectivity index (χ3v) is 4.87. The van der Waals surface area contributed by atoms with E-state index in [4.69, 9.17) is 14.9 Å². The summed E-state index contributed by atoms with van der Waals surface area (Å²) >= 11 is 0. The number of aliphatic hydroxyl groups excluding tert-OH is 1. The van der Waals surface area contributed by atoms with Gasteiger partial charge in [0.25, 0.3) is 0 Å². The number of amides is 2. The predicted molar refractivity (Wildman–Crippen MR) is 104 cm³/mol. The first kappa shape index (κ1) is 20.3. The number of fused-ring (bicyclic) bond motifs is 3. The molecule has 3 rings (SSSR count). The first-order chi connectivity index (χ1) is 13.9. The molecule has 152 valence electrons. The number of hydrogen-bond donors (Lipinski definition) is 4. The molecule has 0 heterocycles. The van der Waals surface area contributed by atoms with Crippen molar-refractivity contribution in [3.05, 3.63) is 59.7 Å². The van der Waals surface area contributed by atoms with Gasteiger partial charge in [0, 0.05) is 5.92 Å². The molecule has 1 aliphatic rings. The van der Waals surface area contributed by atoms with Gasteiger partial charge in [-0.2, -0.15) is 0 Å². The Kier molecular flexibility index (Phi) is 6.13. The van der Waals surface area contributed by atoms with Crippen molar-refractivity contribution in [2.45, 2.75) is 24.9 Å². The second-order valence-corrected chi connectivity index (χ2v) is 6.77. The second kappa shape index (κ2) is 8.74. The Morgan fingerprint density at radius 1 is 1.00 bits per heavy atom. The normalized spacial score (nSPS) is 14.3. The zero-order chi connectivity index (χ0) is 21.0. The molecule has 0 aliphatic heterocycles. The Hall–Kier alpha value is -3.39. The third-order valence-electron chi connectivity index (χ3n) is 4.87. The zero-order valence-corrected chi connectivity index (χ0v) is 15.8. The Bertz CT molecular complexity index is 883. The van der Waals surface area contributed by atoms with E-state index in [0.717, 1.165) is 22.3 Å². The fraction of sp³-hybridized carbons (Fsp3) is 0.286. The highest BCUT2D eigenvalue weighted by Crippen LogP contribution is 2.44. The van der Waals surface area contributed by atoms with Crippen LogP contribution in [0, 0.1) is 0 Å². The molecule has 0 saturated heterocycles. The van der Waals surface area contributed by atoms with Gasteiger partial charge in [0.2, 0.25) is 5.91 Å². The minimum Gasteiger partial charge on any atom is -0.480 e. The lowest BCUT2D eigenvalue weighted by Gasteiger charge is -2.18. The van der Waals surface area contributed by atoms with Crippen LogP contribution in [0.4, 0.5) is 4.79 Å². The Morgan fingerprint density at radius 3 is 2.07 bits per heavy atom. The molecule has 1 unspecified atom stereocenters. The summed E-state index contributed by atoms with van der Waals surface area (Å²) in [6, 6.07) is 13.4. The number of ether oxygens (including phenoxy) is 1. The van der Waals surface area contributed by atoms with E-state index in [9.17, 15) is 14.4 Å². The van der Waals surface area contributed by atoms with E-state index in [-0.39, 0.29) is 12.5 Å². The molecule has 8 nitrogen and oxygen atoms in total. The van der Waals surface area contributed by atoms with Crippen LogP contribution < -0.4 is 10.6 Å². The van der Waals surface area contributed by atoms with Crippen LogP contribution in [0.5, 0.6) is 0 Å². The van der Waals surface area contributed by atoms with Crippen molar-refractivity contribution in [2.24, 2.45) is 0 Å². The van der Waals surface area contributed by atoms with E-state index < -0.39 is 36.7 Å². The number of benzene rings is 2. The number of hydrogen-bond acceptors (Lipinski definition) is 5. The topological polar surface area (TPSA) is 125 Å². The molecule has 2 amide bonds. The highest BCUT2D eigenvalue weighted by Gasteiger charge is 2.29. The van der Waals surface area contributed by atoms with Gasteiger partial charge >= 0.3 is 12.1 Å². The lowest BCUT2D eigenvalue weighted by atomic mass is 9.98. The third kappa shape index (κ3) is 4.38. The predicted octanol–water partition coefficient (Wildman–Crippen LogP) is 1.48. The number of rotatable bonds is 7. The van der Waals surface area contributed by atoms with Crippen molar-refractivity contribution in [1.82, 2.24) is 10.6 Å². The number of carbonyl (C=O) groups excluding carboxylic acids is 2. The minimum atomic E-state index is -1.44. The van der Waals surface area contributed by atoms with Gasteiger partial charge < -0.3 is 25.6 Å². The van der Waals surface area contributed by atoms with Crippen LogP contribution >= 0.6 is 0 Å². The zero-order valence-electron chi connectivity index (χ0n) is 15.8. The van der Waals surface area contributed by atoms with Crippen molar-refractivity contribution >= 4 is 18.0 Å². The van der Waals surface area contributed by atoms with E-state index in [1.54, 1.807) is 0 Å². The average molecular weight is 398 g/mol. The van der Waals surface area contributed by atoms with Crippen LogP contribution in [0.2, 0.25) is 0 Å². The number of aliphatic hydroxyl groups is 1. The van der Waals surface area contributed by atoms with E-state index in [1.807, 2.05) is 48.5 Å². The first-order valence-corrected chi connectivity index (χ1v) is 9.18. The maximum absolute atomic E-state index is 12.1. The van der Waals surface area contributed by atoms with Gasteiger partial charge in [-0.1, -0.05) is 48.5 Å². The Labute approximate surface area is 167 Å². The average Bonchev–Trinajstić information content (AvgIpc) is 3.03. The first-order valence-electron chi connectivity index (χ1n) is 9.18. The summed E-state index contributed by atoms with van der Waals surface area (Å²) < 4.78 is 5.34. The van der Waals surface area contributed by atoms with Gasteiger partial charge in [-0.25, -0.2) is 9.59 Å². The van der Waals surface area contributed by atoms with Gasteiger partial charge in [0.15, 0.2) is 0 Å². The molecule has 2 aromatic rings. The Balaban J connectivity index is 1.60. The van der Waals surface area contributed by atoms with Gasteiger partial charge in [-0.3, -0.25) is 4.79 Å². The van der Waals surface area contributed by atoms with Crippen LogP contribution in [0.3, 0.4) is 0 Å². The lowest BCUT2D eigenvalue weighted by Crippen LogP contribution is -2.51. The largest absolute Gasteiger partial charge is 0.480 e. The van der Waals surface area contributed by atoms with E-state index in [2.05, 4.69) is 10.6 Å². The van der Waals surface area contributed by atoms with E-state index >= 15 is 0 Å². The molecule has 2 atom stereocenters. The molecule has 0 saturated carbocycles. The fourth-order valence-electron chi connectivity index (χ4n) is 3.36. The summed E-state index contributed by atoms with van der Waals surface area (Å²) in [5.74, 6) is -2.21. The van der Waals surface area contributed by atoms with Gasteiger partial charge in [0.1, 0.15) is 18.7 Å². The van der Waals surface area contributed by atoms with Crippen LogP contribution in [0.25, 0.3) is 11.1 Å². The van der Waals surface area contributed by atoms with Crippen LogP contribution in [0.15, 0.2) is 48.5 Å². The number of carboxylic acids is 1. The number of aliphatic carboxylic acids is 1. The molecule has 1 aliphatic carbocycles. The molecule has 0 aromatic heterocycles. The van der Waals surface area contributed by atoms with Crippen LogP contribution in [-0.2, 0) is 14.3 Å².